The van der Waals surface area contributed by atoms with E-state index in [-0.39, 0.29) is 5.82 Å². The van der Waals surface area contributed by atoms with E-state index in [0.717, 1.165) is 16.7 Å². The summed E-state index contributed by atoms with van der Waals surface area (Å²) in [6.07, 6.45) is 1.63. The number of nitrogens with two attached hydrogens (primary N) is 1. The molecule has 7 heteroatoms. The zero-order valence-electron chi connectivity index (χ0n) is 7.94. The molecule has 0 bridgehead atoms. The monoisotopic (exact) mass is 235 g/mol. The van der Waals surface area contributed by atoms with Crippen molar-refractivity contribution in [3.05, 3.63) is 24.1 Å². The van der Waals surface area contributed by atoms with E-state index in [2.05, 4.69) is 20.4 Å². The molecule has 16 heavy (non-hydrogen) atoms. The molecule has 0 saturated carbocycles. The number of hydrogen-bond acceptors (Lipinski definition) is 5. The molecule has 0 spiro atoms. The van der Waals surface area contributed by atoms with Gasteiger partial charge in [0.05, 0.1) is 11.7 Å². The van der Waals surface area contributed by atoms with Crippen molar-refractivity contribution in [2.24, 2.45) is 0 Å². The molecule has 0 aliphatic carbocycles. The number of anilines is 1. The van der Waals surface area contributed by atoms with E-state index in [0.29, 0.717) is 21.2 Å². The first kappa shape index (κ1) is 9.22. The number of rotatable bonds is 1. The lowest BCUT2D eigenvalue weighted by Crippen LogP contribution is -1.84. The third kappa shape index (κ3) is 1.33. The van der Waals surface area contributed by atoms with Gasteiger partial charge in [0.2, 0.25) is 5.13 Å². The quantitative estimate of drug-likeness (QED) is 0.674. The number of nitrogens with zero attached hydrogens (tertiary/aromatic N) is 3. The number of halogens is 1. The number of benzene rings is 1. The fourth-order valence-corrected chi connectivity index (χ4v) is 2.10. The van der Waals surface area contributed by atoms with Gasteiger partial charge in [0, 0.05) is 17.0 Å². The highest BCUT2D eigenvalue weighted by Gasteiger charge is 2.12. The molecule has 5 nitrogen and oxygen atoms in total. The molecule has 0 fully saturated rings. The summed E-state index contributed by atoms with van der Waals surface area (Å²) >= 11 is 1.15. The molecule has 80 valence electrons. The molecule has 3 N–H and O–H groups in total. The molecule has 0 radical (unpaired) electrons. The van der Waals surface area contributed by atoms with Crippen LogP contribution in [0.25, 0.3) is 21.5 Å². The van der Waals surface area contributed by atoms with Gasteiger partial charge in [-0.05, 0) is 6.07 Å². The maximum absolute atomic E-state index is 13.7. The summed E-state index contributed by atoms with van der Waals surface area (Å²) in [5.41, 5.74) is 6.51. The van der Waals surface area contributed by atoms with Gasteiger partial charge in [-0.1, -0.05) is 11.3 Å². The Bertz CT molecular complexity index is 659. The van der Waals surface area contributed by atoms with Crippen LogP contribution in [0.3, 0.4) is 0 Å². The Balaban J connectivity index is 2.26. The fourth-order valence-electron chi connectivity index (χ4n) is 1.47. The van der Waals surface area contributed by atoms with Crippen LogP contribution in [0.2, 0.25) is 0 Å². The van der Waals surface area contributed by atoms with Crippen LogP contribution in [0, 0.1) is 5.82 Å². The Morgan fingerprint density at radius 2 is 2.19 bits per heavy atom. The zero-order valence-corrected chi connectivity index (χ0v) is 8.75. The molecule has 0 atom stereocenters. The van der Waals surface area contributed by atoms with Gasteiger partial charge in [-0.15, -0.1) is 10.2 Å². The standard InChI is InChI=1S/C9H6FN5S/c10-6-2-7-4(3-12-13-7)1-5(6)8-14-15-9(11)16-8/h1-3H,(H2,11,15)(H,12,13). The van der Waals surface area contributed by atoms with Crippen LogP contribution in [0.1, 0.15) is 0 Å². The van der Waals surface area contributed by atoms with Crippen LogP contribution in [0.15, 0.2) is 18.3 Å². The molecule has 0 saturated heterocycles. The van der Waals surface area contributed by atoms with Crippen molar-refractivity contribution in [1.82, 2.24) is 20.4 Å². The molecular weight excluding hydrogens is 229 g/mol. The average molecular weight is 235 g/mol. The minimum absolute atomic E-state index is 0.321. The minimum atomic E-state index is -0.368. The predicted molar refractivity (Wildman–Crippen MR) is 59.4 cm³/mol. The van der Waals surface area contributed by atoms with Gasteiger partial charge < -0.3 is 5.73 Å². The van der Waals surface area contributed by atoms with Crippen molar-refractivity contribution in [2.45, 2.75) is 0 Å². The SMILES string of the molecule is Nc1nnc(-c2cc3cn[nH]c3cc2F)s1. The number of aromatic nitrogens is 4. The molecule has 0 unspecified atom stereocenters. The van der Waals surface area contributed by atoms with Crippen LogP contribution < -0.4 is 5.73 Å². The molecule has 0 aliphatic rings. The Kier molecular flexibility index (Phi) is 1.87. The van der Waals surface area contributed by atoms with Gasteiger partial charge >= 0.3 is 0 Å². The second kappa shape index (κ2) is 3.24. The molecule has 3 aromatic rings. The normalized spacial score (nSPS) is 11.1. The molecular formula is C9H6FN5S. The van der Waals surface area contributed by atoms with Crippen molar-refractivity contribution in [3.8, 4) is 10.6 Å². The van der Waals surface area contributed by atoms with E-state index >= 15 is 0 Å². The van der Waals surface area contributed by atoms with Crippen molar-refractivity contribution in [3.63, 3.8) is 0 Å². The smallest absolute Gasteiger partial charge is 0.203 e. The first-order valence-electron chi connectivity index (χ1n) is 4.46. The molecule has 2 heterocycles. The minimum Gasteiger partial charge on any atom is -0.374 e. The summed E-state index contributed by atoms with van der Waals surface area (Å²) in [5, 5.41) is 15.6. The van der Waals surface area contributed by atoms with Gasteiger partial charge in [-0.2, -0.15) is 5.10 Å². The molecule has 1 aromatic carbocycles. The topological polar surface area (TPSA) is 80.5 Å². The van der Waals surface area contributed by atoms with Gasteiger partial charge in [0.1, 0.15) is 5.82 Å². The molecule has 0 aliphatic heterocycles. The molecule has 2 aromatic heterocycles. The maximum atomic E-state index is 13.7. The van der Waals surface area contributed by atoms with Gasteiger partial charge in [0.15, 0.2) is 5.01 Å². The second-order valence-electron chi connectivity index (χ2n) is 3.23. The van der Waals surface area contributed by atoms with E-state index in [1.165, 1.54) is 6.07 Å². The summed E-state index contributed by atoms with van der Waals surface area (Å²) in [7, 11) is 0. The van der Waals surface area contributed by atoms with Crippen LogP contribution in [-0.4, -0.2) is 20.4 Å². The van der Waals surface area contributed by atoms with Gasteiger partial charge in [-0.25, -0.2) is 4.39 Å². The van der Waals surface area contributed by atoms with E-state index in [1.54, 1.807) is 12.3 Å². The lowest BCUT2D eigenvalue weighted by Gasteiger charge is -1.98. The average Bonchev–Trinajstić information content (AvgIpc) is 2.84. The lowest BCUT2D eigenvalue weighted by atomic mass is 10.1. The number of aromatic amines is 1. The number of hydrogen-bond donors (Lipinski definition) is 2. The maximum Gasteiger partial charge on any atom is 0.203 e. The van der Waals surface area contributed by atoms with E-state index in [4.69, 9.17) is 5.73 Å². The van der Waals surface area contributed by atoms with Crippen molar-refractivity contribution >= 4 is 27.4 Å². The molecule has 0 amide bonds. The third-order valence-corrected chi connectivity index (χ3v) is 2.98. The highest BCUT2D eigenvalue weighted by Crippen LogP contribution is 2.29. The molecule has 3 rings (SSSR count). The van der Waals surface area contributed by atoms with E-state index in [9.17, 15) is 4.39 Å². The Morgan fingerprint density at radius 3 is 2.94 bits per heavy atom. The zero-order chi connectivity index (χ0) is 11.1. The van der Waals surface area contributed by atoms with Crippen LogP contribution >= 0.6 is 11.3 Å². The van der Waals surface area contributed by atoms with Crippen LogP contribution in [0.5, 0.6) is 0 Å². The highest BCUT2D eigenvalue weighted by atomic mass is 32.1. The van der Waals surface area contributed by atoms with Gasteiger partial charge in [-0.3, -0.25) is 5.10 Å². The Labute approximate surface area is 93.1 Å². The summed E-state index contributed by atoms with van der Waals surface area (Å²) in [4.78, 5) is 0. The third-order valence-electron chi connectivity index (χ3n) is 2.20. The Hall–Kier alpha value is -2.02. The van der Waals surface area contributed by atoms with E-state index < -0.39 is 0 Å². The van der Waals surface area contributed by atoms with Gasteiger partial charge in [0.25, 0.3) is 0 Å². The van der Waals surface area contributed by atoms with Crippen LogP contribution in [0.4, 0.5) is 9.52 Å². The number of nitrogen functional groups attached to an aromatic ring is 1. The predicted octanol–water partition coefficient (Wildman–Crippen LogP) is 1.80. The van der Waals surface area contributed by atoms with Crippen molar-refractivity contribution < 1.29 is 4.39 Å². The first-order chi connectivity index (χ1) is 7.74. The first-order valence-corrected chi connectivity index (χ1v) is 5.27. The summed E-state index contributed by atoms with van der Waals surface area (Å²) in [6.45, 7) is 0. The summed E-state index contributed by atoms with van der Waals surface area (Å²) in [6, 6.07) is 3.06. The lowest BCUT2D eigenvalue weighted by molar-refractivity contribution is 0.632. The summed E-state index contributed by atoms with van der Waals surface area (Å²) < 4.78 is 13.7. The number of nitrogens with one attached hydrogen (secondary N) is 1. The fraction of sp³-hybridized carbons (Fsp3) is 0. The largest absolute Gasteiger partial charge is 0.374 e. The number of H-pyrrole nitrogens is 1. The summed E-state index contributed by atoms with van der Waals surface area (Å²) in [5.74, 6) is -0.368. The van der Waals surface area contributed by atoms with E-state index in [1.807, 2.05) is 0 Å². The van der Waals surface area contributed by atoms with Crippen molar-refractivity contribution in [1.29, 1.82) is 0 Å². The highest BCUT2D eigenvalue weighted by molar-refractivity contribution is 7.18. The number of fused-ring (bicyclic) bond motifs is 1. The van der Waals surface area contributed by atoms with Crippen LogP contribution in [-0.2, 0) is 0 Å². The second-order valence-corrected chi connectivity index (χ2v) is 4.24. The Morgan fingerprint density at radius 1 is 1.31 bits per heavy atom. The van der Waals surface area contributed by atoms with Crippen molar-refractivity contribution in [2.75, 3.05) is 5.73 Å².